The Labute approximate surface area is 156 Å². The molecule has 9 heteroatoms. The Bertz CT molecular complexity index is 797. The highest BCUT2D eigenvalue weighted by Gasteiger charge is 2.15. The van der Waals surface area contributed by atoms with E-state index in [4.69, 9.17) is 14.9 Å². The highest BCUT2D eigenvalue weighted by molar-refractivity contribution is 7.60. The van der Waals surface area contributed by atoms with E-state index in [1.165, 1.54) is 24.3 Å². The number of rotatable bonds is 7. The molecular formula is C18H22NO7P. The Hall–Kier alpha value is -2.54. The number of aryl methyl sites for hydroxylation is 2. The van der Waals surface area contributed by atoms with E-state index in [-0.39, 0.29) is 17.4 Å². The molecule has 0 aliphatic carbocycles. The first-order valence-electron chi connectivity index (χ1n) is 8.23. The van der Waals surface area contributed by atoms with Crippen LogP contribution in [0.25, 0.3) is 0 Å². The van der Waals surface area contributed by atoms with E-state index >= 15 is 0 Å². The summed E-state index contributed by atoms with van der Waals surface area (Å²) in [6.07, 6.45) is 2.18. The predicted octanol–water partition coefficient (Wildman–Crippen LogP) is 3.05. The van der Waals surface area contributed by atoms with Gasteiger partial charge in [0, 0.05) is 18.6 Å². The van der Waals surface area contributed by atoms with Gasteiger partial charge >= 0.3 is 13.6 Å². The molecule has 0 atom stereocenters. The fourth-order valence-electron chi connectivity index (χ4n) is 2.15. The van der Waals surface area contributed by atoms with Gasteiger partial charge in [0.15, 0.2) is 0 Å². The number of nitrogens with zero attached hydrogens (tertiary/aromatic N) is 1. The lowest BCUT2D eigenvalue weighted by Crippen LogP contribution is -2.02. The van der Waals surface area contributed by atoms with E-state index in [2.05, 4.69) is 0 Å². The second-order valence-electron chi connectivity index (χ2n) is 5.73. The summed E-state index contributed by atoms with van der Waals surface area (Å²) in [5, 5.41) is 18.8. The van der Waals surface area contributed by atoms with Crippen LogP contribution in [0.4, 0.5) is 5.69 Å². The first kappa shape index (κ1) is 22.5. The third-order valence-corrected chi connectivity index (χ3v) is 4.66. The summed E-state index contributed by atoms with van der Waals surface area (Å²) >= 11 is 0. The number of nitro groups is 1. The lowest BCUT2D eigenvalue weighted by atomic mass is 10.1. The predicted molar refractivity (Wildman–Crippen MR) is 101 cm³/mol. The Morgan fingerprint density at radius 1 is 1.04 bits per heavy atom. The Morgan fingerprint density at radius 2 is 1.56 bits per heavy atom. The molecule has 0 unspecified atom stereocenters. The maximum atomic E-state index is 10.7. The normalized spacial score (nSPS) is 10.6. The number of hydrogen-bond donors (Lipinski definition) is 3. The van der Waals surface area contributed by atoms with Crippen LogP contribution in [0.5, 0.6) is 0 Å². The molecule has 0 radical (unpaired) electrons. The van der Waals surface area contributed by atoms with Crippen molar-refractivity contribution in [1.82, 2.24) is 0 Å². The summed E-state index contributed by atoms with van der Waals surface area (Å²) in [4.78, 5) is 37.7. The van der Waals surface area contributed by atoms with Gasteiger partial charge in [-0.1, -0.05) is 31.2 Å². The molecule has 0 bridgehead atoms. The van der Waals surface area contributed by atoms with Crippen molar-refractivity contribution in [3.05, 3.63) is 69.8 Å². The van der Waals surface area contributed by atoms with Crippen LogP contribution < -0.4 is 5.30 Å². The minimum absolute atomic E-state index is 0.0528. The highest BCUT2D eigenvalue weighted by Crippen LogP contribution is 2.32. The van der Waals surface area contributed by atoms with Crippen molar-refractivity contribution in [2.45, 2.75) is 32.6 Å². The molecule has 0 heterocycles. The molecule has 146 valence electrons. The van der Waals surface area contributed by atoms with Crippen LogP contribution >= 0.6 is 7.60 Å². The van der Waals surface area contributed by atoms with Crippen LogP contribution in [0.1, 0.15) is 30.9 Å². The molecule has 3 N–H and O–H groups in total. The monoisotopic (exact) mass is 395 g/mol. The second-order valence-corrected chi connectivity index (χ2v) is 7.34. The number of aliphatic carboxylic acids is 1. The van der Waals surface area contributed by atoms with Crippen LogP contribution in [0.3, 0.4) is 0 Å². The number of carboxylic acid groups (broad SMARTS) is 1. The molecule has 2 rings (SSSR count). The Morgan fingerprint density at radius 3 is 1.96 bits per heavy atom. The van der Waals surface area contributed by atoms with Gasteiger partial charge in [-0.15, -0.1) is 0 Å². The van der Waals surface area contributed by atoms with Crippen LogP contribution in [0.15, 0.2) is 48.5 Å². The molecule has 2 aromatic rings. The van der Waals surface area contributed by atoms with E-state index in [1.54, 1.807) is 24.3 Å². The second kappa shape index (κ2) is 10.6. The van der Waals surface area contributed by atoms with Crippen molar-refractivity contribution in [3.8, 4) is 0 Å². The first-order chi connectivity index (χ1) is 12.6. The number of carboxylic acids is 1. The zero-order chi connectivity index (χ0) is 20.4. The topological polar surface area (TPSA) is 138 Å². The Kier molecular flexibility index (Phi) is 8.81. The molecule has 0 saturated carbocycles. The third kappa shape index (κ3) is 8.59. The third-order valence-electron chi connectivity index (χ3n) is 3.68. The summed E-state index contributed by atoms with van der Waals surface area (Å²) in [5.41, 5.74) is 2.05. The number of nitro benzene ring substituents is 1. The zero-order valence-corrected chi connectivity index (χ0v) is 15.7. The number of benzene rings is 2. The van der Waals surface area contributed by atoms with E-state index in [0.29, 0.717) is 12.8 Å². The Balaban J connectivity index is 0.000000277. The van der Waals surface area contributed by atoms with Gasteiger partial charge in [-0.05, 0) is 42.5 Å². The van der Waals surface area contributed by atoms with Gasteiger partial charge in [0.05, 0.1) is 10.2 Å². The molecule has 0 spiro atoms. The van der Waals surface area contributed by atoms with Gasteiger partial charge in [0.25, 0.3) is 5.69 Å². The summed E-state index contributed by atoms with van der Waals surface area (Å²) in [6.45, 7) is 1.99. The first-order valence-corrected chi connectivity index (χ1v) is 9.85. The minimum Gasteiger partial charge on any atom is -0.481 e. The quantitative estimate of drug-likeness (QED) is 0.372. The molecule has 0 amide bonds. The van der Waals surface area contributed by atoms with Gasteiger partial charge < -0.3 is 14.9 Å². The molecule has 8 nitrogen and oxygen atoms in total. The molecule has 0 aromatic heterocycles. The average molecular weight is 395 g/mol. The van der Waals surface area contributed by atoms with Gasteiger partial charge in [0.2, 0.25) is 0 Å². The van der Waals surface area contributed by atoms with Crippen molar-refractivity contribution >= 4 is 24.6 Å². The molecule has 0 fully saturated rings. The summed E-state index contributed by atoms with van der Waals surface area (Å²) in [6, 6.07) is 12.6. The van der Waals surface area contributed by atoms with E-state index in [9.17, 15) is 19.5 Å². The fraction of sp³-hybridized carbons (Fsp3) is 0.278. The van der Waals surface area contributed by atoms with Gasteiger partial charge in [-0.25, -0.2) is 0 Å². The van der Waals surface area contributed by atoms with E-state index in [0.717, 1.165) is 17.5 Å². The van der Waals surface area contributed by atoms with E-state index in [1.807, 2.05) is 6.92 Å². The maximum absolute atomic E-state index is 10.7. The summed E-state index contributed by atoms with van der Waals surface area (Å²) in [5.74, 6) is -0.822. The lowest BCUT2D eigenvalue weighted by molar-refractivity contribution is -0.384. The standard InChI is InChI=1S/C10H11NO4.C8H11O3P/c12-10(13)3-1-2-8-4-6-9(7-5-8)11(14)15;1-2-7-3-5-8(6-4-7)12(9,10)11/h4-7H,1-3H2,(H,12,13);3-6H,2H2,1H3,(H2,9,10,11). The average Bonchev–Trinajstić information content (AvgIpc) is 2.62. The summed E-state index contributed by atoms with van der Waals surface area (Å²) < 4.78 is 10.7. The molecule has 0 saturated heterocycles. The summed E-state index contributed by atoms with van der Waals surface area (Å²) in [7, 11) is -4.05. The zero-order valence-electron chi connectivity index (χ0n) is 14.8. The number of hydrogen-bond acceptors (Lipinski definition) is 4. The largest absolute Gasteiger partial charge is 0.481 e. The number of non-ortho nitro benzene ring substituents is 1. The van der Waals surface area contributed by atoms with Crippen molar-refractivity contribution < 1.29 is 29.2 Å². The molecule has 0 aliphatic heterocycles. The smallest absolute Gasteiger partial charge is 0.356 e. The van der Waals surface area contributed by atoms with Crippen molar-refractivity contribution in [1.29, 1.82) is 0 Å². The van der Waals surface area contributed by atoms with Crippen molar-refractivity contribution in [2.75, 3.05) is 0 Å². The van der Waals surface area contributed by atoms with Gasteiger partial charge in [0.1, 0.15) is 0 Å². The fourth-order valence-corrected chi connectivity index (χ4v) is 2.69. The van der Waals surface area contributed by atoms with Gasteiger partial charge in [-0.3, -0.25) is 19.5 Å². The van der Waals surface area contributed by atoms with Crippen LogP contribution in [0, 0.1) is 10.1 Å². The lowest BCUT2D eigenvalue weighted by Gasteiger charge is -2.03. The van der Waals surface area contributed by atoms with E-state index < -0.39 is 18.5 Å². The minimum atomic E-state index is -4.05. The van der Waals surface area contributed by atoms with Crippen molar-refractivity contribution in [3.63, 3.8) is 0 Å². The van der Waals surface area contributed by atoms with Crippen LogP contribution in [-0.4, -0.2) is 25.8 Å². The maximum Gasteiger partial charge on any atom is 0.356 e. The molecule has 0 aliphatic rings. The van der Waals surface area contributed by atoms with Crippen LogP contribution in [-0.2, 0) is 22.2 Å². The van der Waals surface area contributed by atoms with Crippen LogP contribution in [0.2, 0.25) is 0 Å². The van der Waals surface area contributed by atoms with Crippen molar-refractivity contribution in [2.24, 2.45) is 0 Å². The molecule has 27 heavy (non-hydrogen) atoms. The number of carbonyl (C=O) groups is 1. The van der Waals surface area contributed by atoms with Gasteiger partial charge in [-0.2, -0.15) is 0 Å². The SMILES string of the molecule is CCc1ccc(P(=O)(O)O)cc1.O=C(O)CCCc1ccc([N+](=O)[O-])cc1. The molecule has 2 aromatic carbocycles. The molecular weight excluding hydrogens is 373 g/mol. The highest BCUT2D eigenvalue weighted by atomic mass is 31.2.